The lowest BCUT2D eigenvalue weighted by Crippen LogP contribution is -2.21. The molecular weight excluding hydrogens is 359 g/mol. The van der Waals surface area contributed by atoms with Gasteiger partial charge in [-0.2, -0.15) is 18.3 Å². The molecule has 0 aliphatic heterocycles. The molecule has 0 aromatic carbocycles. The van der Waals surface area contributed by atoms with Crippen LogP contribution in [0, 0.1) is 0 Å². The van der Waals surface area contributed by atoms with Crippen LogP contribution in [-0.4, -0.2) is 25.7 Å². The van der Waals surface area contributed by atoms with Crippen LogP contribution in [0.25, 0.3) is 5.82 Å². The Hall–Kier alpha value is -2.94. The predicted molar refractivity (Wildman–Crippen MR) is 83.6 cm³/mol. The molecule has 6 nitrogen and oxygen atoms in total. The molecule has 0 fully saturated rings. The number of carbonyl (C=O) groups is 1. The van der Waals surface area contributed by atoms with Gasteiger partial charge < -0.3 is 5.32 Å². The first-order chi connectivity index (χ1) is 11.9. The molecule has 25 heavy (non-hydrogen) atoms. The molecule has 3 heterocycles. The molecular formula is C15H9ClF3N5O. The van der Waals surface area contributed by atoms with E-state index in [0.717, 1.165) is 6.20 Å². The zero-order valence-electron chi connectivity index (χ0n) is 12.3. The van der Waals surface area contributed by atoms with Crippen molar-refractivity contribution in [3.8, 4) is 5.82 Å². The number of hydrogen-bond donors (Lipinski definition) is 1. The molecule has 10 heteroatoms. The van der Waals surface area contributed by atoms with E-state index in [9.17, 15) is 18.0 Å². The van der Waals surface area contributed by atoms with Gasteiger partial charge in [-0.05, 0) is 24.3 Å². The summed E-state index contributed by atoms with van der Waals surface area (Å²) in [4.78, 5) is 19.8. The van der Waals surface area contributed by atoms with Crippen LogP contribution in [0.4, 0.5) is 18.9 Å². The molecule has 0 spiro atoms. The first-order valence-corrected chi connectivity index (χ1v) is 7.23. The van der Waals surface area contributed by atoms with Crippen LogP contribution in [0.3, 0.4) is 0 Å². The van der Waals surface area contributed by atoms with Gasteiger partial charge in [-0.3, -0.25) is 9.78 Å². The van der Waals surface area contributed by atoms with Crippen LogP contribution in [0.1, 0.15) is 16.1 Å². The summed E-state index contributed by atoms with van der Waals surface area (Å²) in [5.41, 5.74) is -1.57. The van der Waals surface area contributed by atoms with Crippen molar-refractivity contribution >= 4 is 23.2 Å². The molecule has 0 aliphatic carbocycles. The Morgan fingerprint density at radius 2 is 1.88 bits per heavy atom. The molecule has 3 aromatic rings. The molecule has 0 bridgehead atoms. The second-order valence-corrected chi connectivity index (χ2v) is 5.21. The van der Waals surface area contributed by atoms with Gasteiger partial charge in [0.1, 0.15) is 5.15 Å². The second-order valence-electron chi connectivity index (χ2n) is 4.82. The van der Waals surface area contributed by atoms with Gasteiger partial charge in [-0.25, -0.2) is 9.67 Å². The third kappa shape index (κ3) is 3.61. The highest BCUT2D eigenvalue weighted by Crippen LogP contribution is 2.33. The minimum Gasteiger partial charge on any atom is -0.322 e. The molecule has 0 saturated heterocycles. The monoisotopic (exact) mass is 367 g/mol. The SMILES string of the molecule is O=C(Nc1ccncc1)c1cnn(-c2cccc(Cl)n2)c1C(F)(F)F. The van der Waals surface area contributed by atoms with Gasteiger partial charge in [0.15, 0.2) is 11.5 Å². The number of hydrogen-bond acceptors (Lipinski definition) is 4. The molecule has 128 valence electrons. The summed E-state index contributed by atoms with van der Waals surface area (Å²) in [7, 11) is 0. The zero-order valence-corrected chi connectivity index (χ0v) is 13.1. The lowest BCUT2D eigenvalue weighted by molar-refractivity contribution is -0.143. The Balaban J connectivity index is 2.04. The second kappa shape index (κ2) is 6.52. The van der Waals surface area contributed by atoms with Gasteiger partial charge in [-0.1, -0.05) is 17.7 Å². The summed E-state index contributed by atoms with van der Waals surface area (Å²) in [5, 5.41) is 6.03. The standard InChI is InChI=1S/C15H9ClF3N5O/c16-11-2-1-3-12(23-11)24-13(15(17,18)19)10(8-21-24)14(25)22-9-4-6-20-7-5-9/h1-8H,(H,20,22,25). The van der Waals surface area contributed by atoms with Gasteiger partial charge in [0, 0.05) is 18.1 Å². The Morgan fingerprint density at radius 1 is 1.16 bits per heavy atom. The van der Waals surface area contributed by atoms with Crippen molar-refractivity contribution in [3.05, 3.63) is 65.3 Å². The van der Waals surface area contributed by atoms with E-state index in [2.05, 4.69) is 20.4 Å². The molecule has 0 radical (unpaired) electrons. The lowest BCUT2D eigenvalue weighted by atomic mass is 10.2. The van der Waals surface area contributed by atoms with Crippen molar-refractivity contribution in [1.29, 1.82) is 0 Å². The summed E-state index contributed by atoms with van der Waals surface area (Å²) in [6, 6.07) is 7.06. The van der Waals surface area contributed by atoms with E-state index in [1.165, 1.54) is 42.7 Å². The van der Waals surface area contributed by atoms with Gasteiger partial charge in [0.25, 0.3) is 5.91 Å². The van der Waals surface area contributed by atoms with Crippen molar-refractivity contribution in [1.82, 2.24) is 19.7 Å². The van der Waals surface area contributed by atoms with E-state index in [4.69, 9.17) is 11.6 Å². The van der Waals surface area contributed by atoms with Crippen molar-refractivity contribution in [2.75, 3.05) is 5.32 Å². The van der Waals surface area contributed by atoms with E-state index >= 15 is 0 Å². The lowest BCUT2D eigenvalue weighted by Gasteiger charge is -2.12. The van der Waals surface area contributed by atoms with Crippen molar-refractivity contribution in [2.24, 2.45) is 0 Å². The number of alkyl halides is 3. The maximum Gasteiger partial charge on any atom is 0.434 e. The van der Waals surface area contributed by atoms with E-state index in [1.54, 1.807) is 0 Å². The first-order valence-electron chi connectivity index (χ1n) is 6.86. The number of aromatic nitrogens is 4. The molecule has 3 rings (SSSR count). The van der Waals surface area contributed by atoms with Crippen molar-refractivity contribution < 1.29 is 18.0 Å². The number of amides is 1. The van der Waals surface area contributed by atoms with E-state index in [0.29, 0.717) is 10.4 Å². The molecule has 3 aromatic heterocycles. The van der Waals surface area contributed by atoms with Crippen molar-refractivity contribution in [3.63, 3.8) is 0 Å². The normalized spacial score (nSPS) is 11.4. The summed E-state index contributed by atoms with van der Waals surface area (Å²) in [6.45, 7) is 0. The van der Waals surface area contributed by atoms with Crippen LogP contribution >= 0.6 is 11.6 Å². The number of nitrogens with one attached hydrogen (secondary N) is 1. The van der Waals surface area contributed by atoms with Gasteiger partial charge in [-0.15, -0.1) is 0 Å². The largest absolute Gasteiger partial charge is 0.434 e. The molecule has 0 atom stereocenters. The summed E-state index contributed by atoms with van der Waals surface area (Å²) in [5.74, 6) is -1.10. The van der Waals surface area contributed by atoms with Gasteiger partial charge in [0.2, 0.25) is 0 Å². The van der Waals surface area contributed by atoms with Crippen molar-refractivity contribution in [2.45, 2.75) is 6.18 Å². The Kier molecular flexibility index (Phi) is 4.41. The van der Waals surface area contributed by atoms with Crippen LogP contribution in [0.15, 0.2) is 48.9 Å². The summed E-state index contributed by atoms with van der Waals surface area (Å²) < 4.78 is 41.1. The van der Waals surface area contributed by atoms with Gasteiger partial charge in [0.05, 0.1) is 11.8 Å². The van der Waals surface area contributed by atoms with Crippen LogP contribution in [0.5, 0.6) is 0 Å². The number of rotatable bonds is 3. The fourth-order valence-electron chi connectivity index (χ4n) is 2.11. The number of anilines is 1. The molecule has 1 N–H and O–H groups in total. The average molecular weight is 368 g/mol. The third-order valence-corrected chi connectivity index (χ3v) is 3.35. The maximum atomic E-state index is 13.5. The van der Waals surface area contributed by atoms with E-state index in [-0.39, 0.29) is 11.0 Å². The molecule has 1 amide bonds. The Morgan fingerprint density at radius 3 is 2.52 bits per heavy atom. The highest BCUT2D eigenvalue weighted by atomic mass is 35.5. The maximum absolute atomic E-state index is 13.5. The number of pyridine rings is 2. The minimum atomic E-state index is -4.83. The van der Waals surface area contributed by atoms with Crippen LogP contribution in [0.2, 0.25) is 5.15 Å². The Bertz CT molecular complexity index is 911. The highest BCUT2D eigenvalue weighted by molar-refractivity contribution is 6.29. The number of carbonyl (C=O) groups excluding carboxylic acids is 1. The number of nitrogens with zero attached hydrogens (tertiary/aromatic N) is 4. The van der Waals surface area contributed by atoms with Crippen LogP contribution in [-0.2, 0) is 6.18 Å². The fraction of sp³-hybridized carbons (Fsp3) is 0.0667. The third-order valence-electron chi connectivity index (χ3n) is 3.14. The molecule has 0 aliphatic rings. The first kappa shape index (κ1) is 16.9. The highest BCUT2D eigenvalue weighted by Gasteiger charge is 2.40. The summed E-state index contributed by atoms with van der Waals surface area (Å²) >= 11 is 5.72. The van der Waals surface area contributed by atoms with E-state index in [1.807, 2.05) is 0 Å². The average Bonchev–Trinajstić information content (AvgIpc) is 3.01. The van der Waals surface area contributed by atoms with Crippen LogP contribution < -0.4 is 5.32 Å². The molecule has 0 unspecified atom stereocenters. The smallest absolute Gasteiger partial charge is 0.322 e. The van der Waals surface area contributed by atoms with E-state index < -0.39 is 23.3 Å². The zero-order chi connectivity index (χ0) is 18.0. The predicted octanol–water partition coefficient (Wildman–Crippen LogP) is 3.59. The Labute approximate surface area is 144 Å². The topological polar surface area (TPSA) is 72.7 Å². The summed E-state index contributed by atoms with van der Waals surface area (Å²) in [6.07, 6.45) is -1.19. The quantitative estimate of drug-likeness (QED) is 0.718. The minimum absolute atomic E-state index is 0.00362. The molecule has 0 saturated carbocycles. The van der Waals surface area contributed by atoms with Gasteiger partial charge >= 0.3 is 6.18 Å². The number of halogens is 4. The fourth-order valence-corrected chi connectivity index (χ4v) is 2.27.